The minimum absolute atomic E-state index is 0.0183. The van der Waals surface area contributed by atoms with Crippen molar-refractivity contribution < 1.29 is 18.0 Å². The molecule has 1 amide bonds. The number of ketones is 1. The summed E-state index contributed by atoms with van der Waals surface area (Å²) in [6.45, 7) is 3.38. The molecule has 2 aliphatic heterocycles. The lowest BCUT2D eigenvalue weighted by molar-refractivity contribution is -0.115. The first-order valence-electron chi connectivity index (χ1n) is 16.5. The zero-order valence-corrected chi connectivity index (χ0v) is 28.0. The molecule has 5 aromatic rings. The second-order valence-electron chi connectivity index (χ2n) is 12.2. The van der Waals surface area contributed by atoms with Crippen LogP contribution in [0.25, 0.3) is 10.9 Å². The molecule has 0 atom stereocenters. The molecule has 3 aromatic carbocycles. The summed E-state index contributed by atoms with van der Waals surface area (Å²) in [5, 5.41) is 13.5. The lowest BCUT2D eigenvalue weighted by Gasteiger charge is -2.29. The smallest absolute Gasteiger partial charge is 0.261 e. The van der Waals surface area contributed by atoms with Gasteiger partial charge in [0.1, 0.15) is 0 Å². The van der Waals surface area contributed by atoms with Gasteiger partial charge in [0.15, 0.2) is 5.78 Å². The molecule has 14 nitrogen and oxygen atoms in total. The molecule has 0 bridgehead atoms. The van der Waals surface area contributed by atoms with E-state index >= 15 is 0 Å². The third-order valence-corrected chi connectivity index (χ3v) is 9.92. The first-order chi connectivity index (χ1) is 24.3. The fourth-order valence-electron chi connectivity index (χ4n) is 5.86. The first kappa shape index (κ1) is 32.7. The van der Waals surface area contributed by atoms with E-state index in [1.807, 2.05) is 0 Å². The maximum Gasteiger partial charge on any atom is 0.261 e. The normalized spacial score (nSPS) is 14.8. The summed E-state index contributed by atoms with van der Waals surface area (Å²) < 4.78 is 28.4. The molecule has 15 heteroatoms. The van der Waals surface area contributed by atoms with Crippen molar-refractivity contribution in [3.05, 3.63) is 90.6 Å². The van der Waals surface area contributed by atoms with Crippen molar-refractivity contribution in [3.8, 4) is 0 Å². The SMILES string of the molecule is O=C(CC(=O)c1ccc(Nc2nc(N3CC=CCC3)nc(N3CCCCC3)n2)cc1)Nc1ccc(S(=O)(=O)Nc2ccc3cn[nH]c3c2)cc1. The number of benzene rings is 3. The predicted molar refractivity (Wildman–Crippen MR) is 193 cm³/mol. The summed E-state index contributed by atoms with van der Waals surface area (Å²) in [6.07, 6.45) is 9.87. The average Bonchev–Trinajstić information content (AvgIpc) is 3.61. The maximum absolute atomic E-state index is 13.0. The van der Waals surface area contributed by atoms with Crippen LogP contribution in [0.1, 0.15) is 42.5 Å². The van der Waals surface area contributed by atoms with Crippen LogP contribution in [0.5, 0.6) is 0 Å². The Morgan fingerprint density at radius 1 is 0.780 bits per heavy atom. The Labute approximate surface area is 289 Å². The van der Waals surface area contributed by atoms with E-state index in [1.165, 1.54) is 30.7 Å². The van der Waals surface area contributed by atoms with Gasteiger partial charge in [-0.3, -0.25) is 19.4 Å². The van der Waals surface area contributed by atoms with E-state index in [9.17, 15) is 18.0 Å². The van der Waals surface area contributed by atoms with Crippen molar-refractivity contribution in [2.75, 3.05) is 51.3 Å². The second-order valence-corrected chi connectivity index (χ2v) is 13.8. The van der Waals surface area contributed by atoms with Crippen molar-refractivity contribution in [1.29, 1.82) is 0 Å². The summed E-state index contributed by atoms with van der Waals surface area (Å²) in [5.41, 5.74) is 2.51. The van der Waals surface area contributed by atoms with Gasteiger partial charge < -0.3 is 20.4 Å². The van der Waals surface area contributed by atoms with Gasteiger partial charge in [0, 0.05) is 48.5 Å². The number of aromatic amines is 1. The number of hydrogen-bond acceptors (Lipinski definition) is 11. The van der Waals surface area contributed by atoms with Crippen LogP contribution in [0.15, 0.2) is 90.0 Å². The van der Waals surface area contributed by atoms with Crippen LogP contribution in [-0.2, 0) is 14.8 Å². The zero-order chi connectivity index (χ0) is 34.5. The molecule has 2 aromatic heterocycles. The van der Waals surface area contributed by atoms with E-state index in [2.05, 4.69) is 47.5 Å². The largest absolute Gasteiger partial charge is 0.341 e. The number of carbonyl (C=O) groups excluding carboxylic acids is 2. The van der Waals surface area contributed by atoms with Crippen LogP contribution >= 0.6 is 0 Å². The molecule has 0 spiro atoms. The molecule has 0 unspecified atom stereocenters. The van der Waals surface area contributed by atoms with E-state index < -0.39 is 15.9 Å². The highest BCUT2D eigenvalue weighted by Gasteiger charge is 2.20. The molecule has 2 aliphatic rings. The molecular formula is C35H36N10O4S. The van der Waals surface area contributed by atoms with Crippen LogP contribution < -0.4 is 25.2 Å². The summed E-state index contributed by atoms with van der Waals surface area (Å²) in [4.78, 5) is 44.2. The average molecular weight is 693 g/mol. The van der Waals surface area contributed by atoms with Gasteiger partial charge in [0.25, 0.3) is 10.0 Å². The van der Waals surface area contributed by atoms with E-state index in [0.717, 1.165) is 50.8 Å². The fraction of sp³-hybridized carbons (Fsp3) is 0.257. The Hall–Kier alpha value is -5.83. The lowest BCUT2D eigenvalue weighted by Crippen LogP contribution is -2.33. The Morgan fingerprint density at radius 2 is 1.50 bits per heavy atom. The number of Topliss-reactive ketones (excluding diaryl/α,β-unsaturated/α-hetero) is 1. The number of sulfonamides is 1. The number of anilines is 6. The second kappa shape index (κ2) is 14.3. The van der Waals surface area contributed by atoms with E-state index in [0.29, 0.717) is 46.0 Å². The molecule has 0 aliphatic carbocycles. The molecule has 1 saturated heterocycles. The number of carbonyl (C=O) groups is 2. The number of rotatable bonds is 11. The minimum atomic E-state index is -3.88. The lowest BCUT2D eigenvalue weighted by atomic mass is 10.1. The maximum atomic E-state index is 13.0. The van der Waals surface area contributed by atoms with Crippen molar-refractivity contribution >= 4 is 67.5 Å². The van der Waals surface area contributed by atoms with Crippen LogP contribution in [0.2, 0.25) is 0 Å². The monoisotopic (exact) mass is 692 g/mol. The standard InChI is InChI=1S/C35H36N10O4S/c46-31(22-32(47)37-26-13-15-29(16-14-26)50(48,49)43-28-12-9-25-23-36-42-30(25)21-28)24-7-10-27(11-8-24)38-33-39-34(44-17-3-1-4-18-44)41-35(40-33)45-19-5-2-6-20-45/h1,3,7-16,21,23,43H,2,4-6,17-20,22H2,(H,36,42)(H,37,47)(H,38,39,40,41). The number of fused-ring (bicyclic) bond motifs is 1. The minimum Gasteiger partial charge on any atom is -0.341 e. The van der Waals surface area contributed by atoms with Crippen molar-refractivity contribution in [2.45, 2.75) is 37.0 Å². The van der Waals surface area contributed by atoms with Gasteiger partial charge in [-0.15, -0.1) is 0 Å². The van der Waals surface area contributed by atoms with Gasteiger partial charge in [0.05, 0.1) is 28.7 Å². The topological polar surface area (TPSA) is 178 Å². The van der Waals surface area contributed by atoms with Gasteiger partial charge in [-0.25, -0.2) is 8.42 Å². The Kier molecular flexibility index (Phi) is 9.38. The Balaban J connectivity index is 0.957. The number of nitrogens with zero attached hydrogens (tertiary/aromatic N) is 6. The number of nitrogens with one attached hydrogen (secondary N) is 4. The van der Waals surface area contributed by atoms with Gasteiger partial charge in [-0.2, -0.15) is 20.1 Å². The third-order valence-electron chi connectivity index (χ3n) is 8.52. The van der Waals surface area contributed by atoms with Gasteiger partial charge in [-0.05, 0) is 92.4 Å². The van der Waals surface area contributed by atoms with E-state index in [4.69, 9.17) is 15.0 Å². The number of H-pyrrole nitrogens is 1. The highest BCUT2D eigenvalue weighted by molar-refractivity contribution is 7.92. The molecule has 4 heterocycles. The summed E-state index contributed by atoms with van der Waals surface area (Å²) in [6, 6.07) is 17.6. The predicted octanol–water partition coefficient (Wildman–Crippen LogP) is 5.26. The molecule has 50 heavy (non-hydrogen) atoms. The Morgan fingerprint density at radius 3 is 2.24 bits per heavy atom. The number of piperidine rings is 1. The molecule has 7 rings (SSSR count). The number of amides is 1. The number of hydrogen-bond donors (Lipinski definition) is 4. The summed E-state index contributed by atoms with van der Waals surface area (Å²) in [7, 11) is -3.88. The van der Waals surface area contributed by atoms with Crippen molar-refractivity contribution in [1.82, 2.24) is 25.1 Å². The highest BCUT2D eigenvalue weighted by Crippen LogP contribution is 2.25. The third kappa shape index (κ3) is 7.73. The van der Waals surface area contributed by atoms with Crippen LogP contribution in [0.4, 0.5) is 34.9 Å². The number of aromatic nitrogens is 5. The van der Waals surface area contributed by atoms with Crippen LogP contribution in [0.3, 0.4) is 0 Å². The summed E-state index contributed by atoms with van der Waals surface area (Å²) in [5.74, 6) is 0.824. The van der Waals surface area contributed by atoms with E-state index in [1.54, 1.807) is 48.7 Å². The fourth-order valence-corrected chi connectivity index (χ4v) is 6.91. The molecular weight excluding hydrogens is 657 g/mol. The van der Waals surface area contributed by atoms with Crippen molar-refractivity contribution in [3.63, 3.8) is 0 Å². The summed E-state index contributed by atoms with van der Waals surface area (Å²) >= 11 is 0. The van der Waals surface area contributed by atoms with Crippen LogP contribution in [-0.4, -0.2) is 71.4 Å². The molecule has 4 N–H and O–H groups in total. The molecule has 256 valence electrons. The van der Waals surface area contributed by atoms with Crippen LogP contribution in [0, 0.1) is 0 Å². The Bertz CT molecular complexity index is 2140. The molecule has 0 saturated carbocycles. The van der Waals surface area contributed by atoms with E-state index in [-0.39, 0.29) is 17.1 Å². The van der Waals surface area contributed by atoms with Gasteiger partial charge in [0.2, 0.25) is 23.8 Å². The molecule has 0 radical (unpaired) electrons. The quantitative estimate of drug-likeness (QED) is 0.0806. The molecule has 1 fully saturated rings. The highest BCUT2D eigenvalue weighted by atomic mass is 32.2. The first-order valence-corrected chi connectivity index (χ1v) is 17.9. The van der Waals surface area contributed by atoms with Gasteiger partial charge in [-0.1, -0.05) is 12.2 Å². The van der Waals surface area contributed by atoms with Gasteiger partial charge >= 0.3 is 0 Å². The van der Waals surface area contributed by atoms with Crippen molar-refractivity contribution in [2.24, 2.45) is 0 Å². The zero-order valence-electron chi connectivity index (χ0n) is 27.2.